The van der Waals surface area contributed by atoms with Gasteiger partial charge in [-0.3, -0.25) is 14.5 Å². The highest BCUT2D eigenvalue weighted by atomic mass is 16.3. The highest BCUT2D eigenvalue weighted by Gasteiger charge is 2.39. The molecule has 1 atom stereocenters. The van der Waals surface area contributed by atoms with Gasteiger partial charge >= 0.3 is 0 Å². The molecule has 1 unspecified atom stereocenters. The predicted molar refractivity (Wildman–Crippen MR) is 86.4 cm³/mol. The summed E-state index contributed by atoms with van der Waals surface area (Å²) in [5.74, 6) is 1.83. The van der Waals surface area contributed by atoms with Crippen LogP contribution in [-0.2, 0) is 4.79 Å². The van der Waals surface area contributed by atoms with E-state index in [0.29, 0.717) is 24.4 Å². The number of rotatable bonds is 2. The summed E-state index contributed by atoms with van der Waals surface area (Å²) in [4.78, 5) is 30.9. The summed E-state index contributed by atoms with van der Waals surface area (Å²) in [6.07, 6.45) is 0. The first-order valence-electron chi connectivity index (χ1n) is 8.27. The third-order valence-electron chi connectivity index (χ3n) is 4.90. The fourth-order valence-electron chi connectivity index (χ4n) is 3.32. The Hall–Kier alpha value is -1.82. The molecule has 0 N–H and O–H groups in total. The van der Waals surface area contributed by atoms with Gasteiger partial charge in [-0.15, -0.1) is 0 Å². The summed E-state index contributed by atoms with van der Waals surface area (Å²) in [5, 5.41) is 0. The number of carbonyl (C=O) groups excluding carboxylic acids is 2. The molecule has 3 rings (SSSR count). The fourth-order valence-corrected chi connectivity index (χ4v) is 3.32. The van der Waals surface area contributed by atoms with Crippen molar-refractivity contribution < 1.29 is 14.0 Å². The van der Waals surface area contributed by atoms with E-state index in [1.165, 1.54) is 0 Å². The summed E-state index contributed by atoms with van der Waals surface area (Å²) in [7, 11) is 1.83. The van der Waals surface area contributed by atoms with Crippen molar-refractivity contribution in [2.45, 2.75) is 32.7 Å². The zero-order valence-electron chi connectivity index (χ0n) is 14.3. The third-order valence-corrected chi connectivity index (χ3v) is 4.90. The quantitative estimate of drug-likeness (QED) is 0.825. The Kier molecular flexibility index (Phi) is 4.19. The molecule has 2 aliphatic heterocycles. The van der Waals surface area contributed by atoms with Crippen molar-refractivity contribution in [2.75, 3.05) is 39.8 Å². The molecule has 0 spiro atoms. The van der Waals surface area contributed by atoms with Crippen molar-refractivity contribution in [3.05, 3.63) is 23.2 Å². The molecule has 2 amide bonds. The molecule has 2 saturated heterocycles. The summed E-state index contributed by atoms with van der Waals surface area (Å²) >= 11 is 0. The van der Waals surface area contributed by atoms with E-state index in [0.717, 1.165) is 25.4 Å². The molecule has 2 fully saturated rings. The fraction of sp³-hybridized carbons (Fsp3) is 0.647. The van der Waals surface area contributed by atoms with Gasteiger partial charge in [0.2, 0.25) is 5.91 Å². The van der Waals surface area contributed by atoms with Crippen LogP contribution in [0.1, 0.15) is 41.6 Å². The lowest BCUT2D eigenvalue weighted by Gasteiger charge is -2.45. The average Bonchev–Trinajstić information content (AvgIpc) is 2.92. The van der Waals surface area contributed by atoms with E-state index in [2.05, 4.69) is 4.90 Å². The maximum atomic E-state index is 12.8. The molecule has 1 aromatic rings. The number of fused-ring (bicyclic) bond motifs is 1. The molecule has 3 heterocycles. The van der Waals surface area contributed by atoms with Crippen LogP contribution in [0.4, 0.5) is 0 Å². The van der Waals surface area contributed by atoms with Gasteiger partial charge in [0.25, 0.3) is 5.91 Å². The molecular weight excluding hydrogens is 294 g/mol. The standard InChI is InChI=1S/C17H25N3O3/c1-11(2)15-9-13(12(3)23-15)16(21)20-8-7-19-6-5-18(4)17(22)14(19)10-20/h9,11,14H,5-8,10H2,1-4H3. The van der Waals surface area contributed by atoms with E-state index >= 15 is 0 Å². The first kappa shape index (κ1) is 16.1. The van der Waals surface area contributed by atoms with Crippen LogP contribution < -0.4 is 0 Å². The van der Waals surface area contributed by atoms with Gasteiger partial charge in [-0.1, -0.05) is 13.8 Å². The lowest BCUT2D eigenvalue weighted by Crippen LogP contribution is -2.64. The molecular formula is C17H25N3O3. The van der Waals surface area contributed by atoms with E-state index < -0.39 is 0 Å². The van der Waals surface area contributed by atoms with Gasteiger partial charge in [0, 0.05) is 45.7 Å². The lowest BCUT2D eigenvalue weighted by atomic mass is 10.1. The van der Waals surface area contributed by atoms with Crippen LogP contribution in [0.25, 0.3) is 0 Å². The number of amides is 2. The molecule has 6 heteroatoms. The minimum atomic E-state index is -0.205. The monoisotopic (exact) mass is 319 g/mol. The van der Waals surface area contributed by atoms with Gasteiger partial charge in [0.1, 0.15) is 17.6 Å². The van der Waals surface area contributed by atoms with Crippen molar-refractivity contribution in [3.8, 4) is 0 Å². The second-order valence-corrected chi connectivity index (χ2v) is 6.84. The van der Waals surface area contributed by atoms with Crippen molar-refractivity contribution in [3.63, 3.8) is 0 Å². The number of furan rings is 1. The largest absolute Gasteiger partial charge is 0.465 e. The molecule has 126 valence electrons. The van der Waals surface area contributed by atoms with Crippen LogP contribution in [0.2, 0.25) is 0 Å². The van der Waals surface area contributed by atoms with Gasteiger partial charge in [-0.2, -0.15) is 0 Å². The Bertz CT molecular complexity index is 623. The number of piperazine rings is 2. The maximum absolute atomic E-state index is 12.8. The van der Waals surface area contributed by atoms with E-state index in [-0.39, 0.29) is 23.8 Å². The Morgan fingerprint density at radius 3 is 2.61 bits per heavy atom. The van der Waals surface area contributed by atoms with Crippen molar-refractivity contribution in [1.29, 1.82) is 0 Å². The average molecular weight is 319 g/mol. The van der Waals surface area contributed by atoms with Gasteiger partial charge in [0.05, 0.1) is 5.56 Å². The number of nitrogens with zero attached hydrogens (tertiary/aromatic N) is 3. The van der Waals surface area contributed by atoms with E-state index in [1.54, 1.807) is 9.80 Å². The first-order valence-corrected chi connectivity index (χ1v) is 8.27. The Labute approximate surface area is 137 Å². The minimum Gasteiger partial charge on any atom is -0.465 e. The number of carbonyl (C=O) groups is 2. The van der Waals surface area contributed by atoms with E-state index in [9.17, 15) is 9.59 Å². The minimum absolute atomic E-state index is 0.0289. The summed E-state index contributed by atoms with van der Waals surface area (Å²) in [6.45, 7) is 9.44. The van der Waals surface area contributed by atoms with Crippen LogP contribution in [0, 0.1) is 6.92 Å². The molecule has 0 aromatic carbocycles. The molecule has 2 aliphatic rings. The van der Waals surface area contributed by atoms with Crippen molar-refractivity contribution in [1.82, 2.24) is 14.7 Å². The molecule has 23 heavy (non-hydrogen) atoms. The van der Waals surface area contributed by atoms with Crippen LogP contribution in [0.15, 0.2) is 10.5 Å². The summed E-state index contributed by atoms with van der Waals surface area (Å²) in [5.41, 5.74) is 0.624. The molecule has 1 aromatic heterocycles. The first-order chi connectivity index (χ1) is 10.9. The molecule has 0 bridgehead atoms. The smallest absolute Gasteiger partial charge is 0.257 e. The van der Waals surface area contributed by atoms with Crippen LogP contribution in [0.3, 0.4) is 0 Å². The van der Waals surface area contributed by atoms with Gasteiger partial charge in [0.15, 0.2) is 0 Å². The highest BCUT2D eigenvalue weighted by molar-refractivity contribution is 5.96. The Morgan fingerprint density at radius 1 is 1.26 bits per heavy atom. The number of aryl methyl sites for hydroxylation is 1. The molecule has 6 nitrogen and oxygen atoms in total. The highest BCUT2D eigenvalue weighted by Crippen LogP contribution is 2.24. The van der Waals surface area contributed by atoms with E-state index in [1.807, 2.05) is 33.9 Å². The topological polar surface area (TPSA) is 57.0 Å². The third kappa shape index (κ3) is 2.87. The van der Waals surface area contributed by atoms with Crippen molar-refractivity contribution in [2.24, 2.45) is 0 Å². The molecule has 0 aliphatic carbocycles. The van der Waals surface area contributed by atoms with Gasteiger partial charge in [-0.25, -0.2) is 0 Å². The second-order valence-electron chi connectivity index (χ2n) is 6.84. The zero-order valence-corrected chi connectivity index (χ0v) is 14.3. The van der Waals surface area contributed by atoms with E-state index in [4.69, 9.17) is 4.42 Å². The summed E-state index contributed by atoms with van der Waals surface area (Å²) < 4.78 is 5.70. The number of hydrogen-bond donors (Lipinski definition) is 0. The van der Waals surface area contributed by atoms with Crippen LogP contribution in [-0.4, -0.2) is 72.3 Å². The predicted octanol–water partition coefficient (Wildman–Crippen LogP) is 1.31. The molecule has 0 radical (unpaired) electrons. The maximum Gasteiger partial charge on any atom is 0.257 e. The number of hydrogen-bond acceptors (Lipinski definition) is 4. The SMILES string of the molecule is Cc1oc(C(C)C)cc1C(=O)N1CCN2CCN(C)C(=O)C2C1. The zero-order chi connectivity index (χ0) is 16.7. The van der Waals surface area contributed by atoms with Crippen LogP contribution >= 0.6 is 0 Å². The normalized spacial score (nSPS) is 22.7. The van der Waals surface area contributed by atoms with Gasteiger partial charge in [-0.05, 0) is 13.0 Å². The second kappa shape index (κ2) is 6.00. The Morgan fingerprint density at radius 2 is 1.96 bits per heavy atom. The van der Waals surface area contributed by atoms with Crippen LogP contribution in [0.5, 0.6) is 0 Å². The number of likely N-dealkylation sites (N-methyl/N-ethyl adjacent to an activating group) is 1. The lowest BCUT2D eigenvalue weighted by molar-refractivity contribution is -0.142. The van der Waals surface area contributed by atoms with Gasteiger partial charge < -0.3 is 14.2 Å². The summed E-state index contributed by atoms with van der Waals surface area (Å²) in [6, 6.07) is 1.65. The molecule has 0 saturated carbocycles. The van der Waals surface area contributed by atoms with Crippen molar-refractivity contribution >= 4 is 11.8 Å². The Balaban J connectivity index is 1.77.